The first-order valence-electron chi connectivity index (χ1n) is 7.22. The van der Waals surface area contributed by atoms with Crippen LogP contribution in [0.1, 0.15) is 38.7 Å². The van der Waals surface area contributed by atoms with Gasteiger partial charge in [0.05, 0.1) is 7.11 Å². The van der Waals surface area contributed by atoms with Crippen LogP contribution in [0.5, 0.6) is 5.75 Å². The molecule has 0 bridgehead atoms. The molecule has 2 rings (SSSR count). The zero-order valence-electron chi connectivity index (χ0n) is 12.1. The molecule has 0 heterocycles. The van der Waals surface area contributed by atoms with Gasteiger partial charge in [0, 0.05) is 23.2 Å². The lowest BCUT2D eigenvalue weighted by atomic mass is 9.93. The molecule has 0 spiro atoms. The highest BCUT2D eigenvalue weighted by Gasteiger charge is 2.31. The second-order valence-electron chi connectivity index (χ2n) is 5.51. The first-order valence-corrected chi connectivity index (χ1v) is 7.59. The lowest BCUT2D eigenvalue weighted by molar-refractivity contribution is 0.341. The van der Waals surface area contributed by atoms with Crippen molar-refractivity contribution in [1.82, 2.24) is 5.32 Å². The van der Waals surface area contributed by atoms with Crippen LogP contribution in [0.2, 0.25) is 5.02 Å². The van der Waals surface area contributed by atoms with Gasteiger partial charge in [0.2, 0.25) is 0 Å². The minimum Gasteiger partial charge on any atom is -0.496 e. The Hall–Kier alpha value is -0.730. The quantitative estimate of drug-likeness (QED) is 0.871. The Bertz CT molecular complexity index is 421. The molecule has 1 N–H and O–H groups in total. The predicted molar refractivity (Wildman–Crippen MR) is 80.8 cm³/mol. The highest BCUT2D eigenvalue weighted by molar-refractivity contribution is 6.31. The molecular formula is C16H24ClNO. The molecular weight excluding hydrogens is 258 g/mol. The van der Waals surface area contributed by atoms with E-state index < -0.39 is 0 Å². The Morgan fingerprint density at radius 1 is 1.37 bits per heavy atom. The first kappa shape index (κ1) is 14.7. The normalized spacial score (nSPS) is 26.6. The third kappa shape index (κ3) is 3.24. The van der Waals surface area contributed by atoms with Crippen LogP contribution in [-0.4, -0.2) is 13.2 Å². The van der Waals surface area contributed by atoms with Gasteiger partial charge in [0.15, 0.2) is 0 Å². The fourth-order valence-electron chi connectivity index (χ4n) is 3.25. The van der Waals surface area contributed by atoms with E-state index >= 15 is 0 Å². The molecule has 106 valence electrons. The van der Waals surface area contributed by atoms with Crippen LogP contribution in [0.3, 0.4) is 0 Å². The highest BCUT2D eigenvalue weighted by atomic mass is 35.5. The van der Waals surface area contributed by atoms with Crippen LogP contribution in [-0.2, 0) is 6.54 Å². The fourth-order valence-corrected chi connectivity index (χ4v) is 3.48. The summed E-state index contributed by atoms with van der Waals surface area (Å²) in [5, 5.41) is 4.45. The van der Waals surface area contributed by atoms with Crippen molar-refractivity contribution in [2.75, 3.05) is 7.11 Å². The van der Waals surface area contributed by atoms with Crippen molar-refractivity contribution in [3.05, 3.63) is 28.8 Å². The molecule has 1 aliphatic rings. The molecule has 19 heavy (non-hydrogen) atoms. The van der Waals surface area contributed by atoms with Crippen molar-refractivity contribution >= 4 is 11.6 Å². The number of methoxy groups -OCH3 is 1. The topological polar surface area (TPSA) is 21.3 Å². The summed E-state index contributed by atoms with van der Waals surface area (Å²) in [4.78, 5) is 0. The van der Waals surface area contributed by atoms with Crippen LogP contribution in [0.15, 0.2) is 18.2 Å². The minimum absolute atomic E-state index is 0.603. The van der Waals surface area contributed by atoms with Crippen molar-refractivity contribution in [2.45, 2.75) is 45.7 Å². The van der Waals surface area contributed by atoms with Gasteiger partial charge in [-0.2, -0.15) is 0 Å². The Kier molecular flexibility index (Phi) is 5.12. The molecule has 3 heteroatoms. The summed E-state index contributed by atoms with van der Waals surface area (Å²) in [5.74, 6) is 2.49. The number of hydrogen-bond donors (Lipinski definition) is 1. The maximum Gasteiger partial charge on any atom is 0.124 e. The first-order chi connectivity index (χ1) is 9.17. The summed E-state index contributed by atoms with van der Waals surface area (Å²) >= 11 is 6.27. The number of rotatable bonds is 5. The maximum absolute atomic E-state index is 6.27. The standard InChI is InChI=1S/C16H24ClNO/c1-4-12-8-9-15(11(12)2)18-10-13-14(17)6-5-7-16(13)19-3/h5-7,11-12,15,18H,4,8-10H2,1-3H3. The average Bonchev–Trinajstić information content (AvgIpc) is 2.77. The highest BCUT2D eigenvalue weighted by Crippen LogP contribution is 2.34. The minimum atomic E-state index is 0.603. The van der Waals surface area contributed by atoms with Gasteiger partial charge < -0.3 is 10.1 Å². The largest absolute Gasteiger partial charge is 0.496 e. The van der Waals surface area contributed by atoms with Crippen LogP contribution in [0, 0.1) is 11.8 Å². The molecule has 1 aromatic carbocycles. The molecule has 1 fully saturated rings. The molecule has 1 saturated carbocycles. The third-order valence-electron chi connectivity index (χ3n) is 4.59. The molecule has 0 radical (unpaired) electrons. The van der Waals surface area contributed by atoms with Crippen molar-refractivity contribution in [3.8, 4) is 5.75 Å². The van der Waals surface area contributed by atoms with Crippen molar-refractivity contribution in [1.29, 1.82) is 0 Å². The van der Waals surface area contributed by atoms with Gasteiger partial charge in [-0.25, -0.2) is 0 Å². The van der Waals surface area contributed by atoms with E-state index in [1.54, 1.807) is 7.11 Å². The van der Waals surface area contributed by atoms with E-state index in [2.05, 4.69) is 19.2 Å². The molecule has 3 atom stereocenters. The van der Waals surface area contributed by atoms with Crippen molar-refractivity contribution in [2.24, 2.45) is 11.8 Å². The lowest BCUT2D eigenvalue weighted by Gasteiger charge is -2.22. The van der Waals surface area contributed by atoms with E-state index in [4.69, 9.17) is 16.3 Å². The Labute approximate surface area is 121 Å². The summed E-state index contributed by atoms with van der Waals surface area (Å²) in [6.07, 6.45) is 3.90. The molecule has 0 aromatic heterocycles. The van der Waals surface area contributed by atoms with E-state index in [0.717, 1.165) is 34.7 Å². The maximum atomic E-state index is 6.27. The zero-order chi connectivity index (χ0) is 13.8. The summed E-state index contributed by atoms with van der Waals surface area (Å²) in [7, 11) is 1.69. The van der Waals surface area contributed by atoms with E-state index in [1.807, 2.05) is 18.2 Å². The summed E-state index contributed by atoms with van der Waals surface area (Å²) in [6, 6.07) is 6.42. The average molecular weight is 282 g/mol. The van der Waals surface area contributed by atoms with Gasteiger partial charge in [0.25, 0.3) is 0 Å². The van der Waals surface area contributed by atoms with E-state index in [-0.39, 0.29) is 0 Å². The fraction of sp³-hybridized carbons (Fsp3) is 0.625. The molecule has 1 aromatic rings. The van der Waals surface area contributed by atoms with Crippen LogP contribution in [0.25, 0.3) is 0 Å². The molecule has 0 aliphatic heterocycles. The molecule has 0 saturated heterocycles. The SMILES string of the molecule is CCC1CCC(NCc2c(Cl)cccc2OC)C1C. The van der Waals surface area contributed by atoms with E-state index in [1.165, 1.54) is 19.3 Å². The van der Waals surface area contributed by atoms with E-state index in [9.17, 15) is 0 Å². The summed E-state index contributed by atoms with van der Waals surface area (Å²) in [5.41, 5.74) is 1.07. The second-order valence-corrected chi connectivity index (χ2v) is 5.92. The van der Waals surface area contributed by atoms with Crippen molar-refractivity contribution < 1.29 is 4.74 Å². The number of nitrogens with one attached hydrogen (secondary N) is 1. The molecule has 1 aliphatic carbocycles. The van der Waals surface area contributed by atoms with Gasteiger partial charge in [0.1, 0.15) is 5.75 Å². The zero-order valence-corrected chi connectivity index (χ0v) is 12.8. The lowest BCUT2D eigenvalue weighted by Crippen LogP contribution is -2.32. The predicted octanol–water partition coefficient (Wildman–Crippen LogP) is 4.26. The molecule has 0 amide bonds. The van der Waals surface area contributed by atoms with E-state index in [0.29, 0.717) is 6.04 Å². The molecule has 2 nitrogen and oxygen atoms in total. The smallest absolute Gasteiger partial charge is 0.124 e. The number of ether oxygens (including phenoxy) is 1. The van der Waals surface area contributed by atoms with Crippen molar-refractivity contribution in [3.63, 3.8) is 0 Å². The Morgan fingerprint density at radius 2 is 2.16 bits per heavy atom. The second kappa shape index (κ2) is 6.62. The van der Waals surface area contributed by atoms with Crippen LogP contribution >= 0.6 is 11.6 Å². The van der Waals surface area contributed by atoms with Crippen LogP contribution < -0.4 is 10.1 Å². The number of benzene rings is 1. The summed E-state index contributed by atoms with van der Waals surface area (Å²) in [6.45, 7) is 5.44. The Morgan fingerprint density at radius 3 is 2.79 bits per heavy atom. The van der Waals surface area contributed by atoms with Gasteiger partial charge in [-0.15, -0.1) is 0 Å². The summed E-state index contributed by atoms with van der Waals surface area (Å²) < 4.78 is 5.39. The van der Waals surface area contributed by atoms with Crippen LogP contribution in [0.4, 0.5) is 0 Å². The monoisotopic (exact) mass is 281 g/mol. The number of halogens is 1. The molecule has 3 unspecified atom stereocenters. The number of hydrogen-bond acceptors (Lipinski definition) is 2. The van der Waals surface area contributed by atoms with Gasteiger partial charge >= 0.3 is 0 Å². The van der Waals surface area contributed by atoms with Gasteiger partial charge in [-0.05, 0) is 36.8 Å². The van der Waals surface area contributed by atoms with Gasteiger partial charge in [-0.1, -0.05) is 37.9 Å². The Balaban J connectivity index is 2.00. The van der Waals surface area contributed by atoms with Gasteiger partial charge in [-0.3, -0.25) is 0 Å². The third-order valence-corrected chi connectivity index (χ3v) is 4.94.